The number of H-pyrrole nitrogens is 1. The van der Waals surface area contributed by atoms with Gasteiger partial charge < -0.3 is 38.1 Å². The van der Waals surface area contributed by atoms with Crippen LogP contribution in [0.25, 0.3) is 11.2 Å². The summed E-state index contributed by atoms with van der Waals surface area (Å²) < 4.78 is 29.6. The summed E-state index contributed by atoms with van der Waals surface area (Å²) >= 11 is 5.05. The molecule has 4 heterocycles. The van der Waals surface area contributed by atoms with E-state index in [4.69, 9.17) is 34.1 Å². The number of piperidine rings is 1. The number of hydrogen-bond acceptors (Lipinski definition) is 10. The van der Waals surface area contributed by atoms with Crippen molar-refractivity contribution in [3.8, 4) is 11.5 Å². The summed E-state index contributed by atoms with van der Waals surface area (Å²) in [5.41, 5.74) is 1.47. The van der Waals surface area contributed by atoms with Crippen molar-refractivity contribution in [2.75, 3.05) is 60.0 Å². The van der Waals surface area contributed by atoms with Crippen LogP contribution in [0.4, 0.5) is 0 Å². The number of amides is 1. The van der Waals surface area contributed by atoms with Crippen LogP contribution in [0.2, 0.25) is 0 Å². The zero-order valence-corrected chi connectivity index (χ0v) is 24.7. The average Bonchev–Trinajstić information content (AvgIpc) is 3.60. The van der Waals surface area contributed by atoms with Gasteiger partial charge in [-0.1, -0.05) is 11.8 Å². The number of fused-ring (bicyclic) bond motifs is 2. The fraction of sp³-hybridized carbons (Fsp3) is 0.538. The number of rotatable bonds is 13. The smallest absolute Gasteiger partial charge is 0.248 e. The Balaban J connectivity index is 1.12. The molecule has 2 aliphatic rings. The number of benzene rings is 1. The predicted octanol–water partition coefficient (Wildman–Crippen LogP) is 3.19. The van der Waals surface area contributed by atoms with Gasteiger partial charge in [-0.3, -0.25) is 10.2 Å². The topological polar surface area (TPSA) is 137 Å². The van der Waals surface area contributed by atoms with Crippen molar-refractivity contribution < 1.29 is 28.5 Å². The molecule has 216 valence electrons. The Morgan fingerprint density at radius 3 is 2.73 bits per heavy atom. The average molecular weight is 638 g/mol. The van der Waals surface area contributed by atoms with Crippen LogP contribution in [0.3, 0.4) is 0 Å². The number of ether oxygens (including phenoxy) is 5. The predicted molar refractivity (Wildman–Crippen MR) is 150 cm³/mol. The Bertz CT molecular complexity index is 1380. The lowest BCUT2D eigenvalue weighted by molar-refractivity contribution is -0.138. The highest BCUT2D eigenvalue weighted by Crippen LogP contribution is 2.42. The highest BCUT2D eigenvalue weighted by molar-refractivity contribution is 9.10. The SMILES string of the molecule is COCCOCCOCC(=O)N1CCC(CCn2cnc(=N)c3[nH]c(Sc4cc5c(cc4Br)OCO5)nc32)CC1. The van der Waals surface area contributed by atoms with Crippen molar-refractivity contribution in [3.05, 3.63) is 28.4 Å². The third kappa shape index (κ3) is 7.16. The van der Waals surface area contributed by atoms with Crippen molar-refractivity contribution in [3.63, 3.8) is 0 Å². The van der Waals surface area contributed by atoms with E-state index in [9.17, 15) is 4.79 Å². The normalized spacial score (nSPS) is 15.3. The van der Waals surface area contributed by atoms with Crippen molar-refractivity contribution in [1.82, 2.24) is 24.4 Å². The van der Waals surface area contributed by atoms with Crippen LogP contribution in [-0.2, 0) is 25.5 Å². The minimum atomic E-state index is 0.0253. The van der Waals surface area contributed by atoms with E-state index < -0.39 is 0 Å². The lowest BCUT2D eigenvalue weighted by Gasteiger charge is -2.32. The number of nitrogens with one attached hydrogen (secondary N) is 2. The maximum Gasteiger partial charge on any atom is 0.248 e. The highest BCUT2D eigenvalue weighted by Gasteiger charge is 2.23. The van der Waals surface area contributed by atoms with Gasteiger partial charge >= 0.3 is 0 Å². The van der Waals surface area contributed by atoms with Gasteiger partial charge in [0.1, 0.15) is 12.1 Å². The van der Waals surface area contributed by atoms with Gasteiger partial charge in [0.15, 0.2) is 27.8 Å². The quantitative estimate of drug-likeness (QED) is 0.271. The molecule has 5 rings (SSSR count). The first-order valence-electron chi connectivity index (χ1n) is 13.2. The van der Waals surface area contributed by atoms with Crippen LogP contribution < -0.4 is 15.0 Å². The first kappa shape index (κ1) is 28.9. The molecule has 14 heteroatoms. The zero-order chi connectivity index (χ0) is 27.9. The number of imidazole rings is 1. The number of nitrogens with zero attached hydrogens (tertiary/aromatic N) is 4. The van der Waals surface area contributed by atoms with E-state index >= 15 is 0 Å². The van der Waals surface area contributed by atoms with Crippen molar-refractivity contribution >= 4 is 44.8 Å². The maximum atomic E-state index is 12.5. The molecule has 2 N–H and O–H groups in total. The molecule has 40 heavy (non-hydrogen) atoms. The molecule has 1 saturated heterocycles. The number of hydrogen-bond donors (Lipinski definition) is 2. The lowest BCUT2D eigenvalue weighted by Crippen LogP contribution is -2.40. The van der Waals surface area contributed by atoms with Gasteiger partial charge in [0.2, 0.25) is 12.7 Å². The molecule has 0 aliphatic carbocycles. The molecule has 0 radical (unpaired) electrons. The molecule has 0 atom stereocenters. The van der Waals surface area contributed by atoms with Gasteiger partial charge in [0.25, 0.3) is 0 Å². The zero-order valence-electron chi connectivity index (χ0n) is 22.3. The molecule has 0 spiro atoms. The largest absolute Gasteiger partial charge is 0.454 e. The van der Waals surface area contributed by atoms with Crippen molar-refractivity contribution in [1.29, 1.82) is 5.41 Å². The van der Waals surface area contributed by atoms with Gasteiger partial charge in [-0.15, -0.1) is 0 Å². The molecule has 12 nitrogen and oxygen atoms in total. The van der Waals surface area contributed by atoms with Crippen LogP contribution in [0.1, 0.15) is 19.3 Å². The summed E-state index contributed by atoms with van der Waals surface area (Å²) in [6.07, 6.45) is 4.52. The van der Waals surface area contributed by atoms with Gasteiger partial charge in [-0.2, -0.15) is 0 Å². The van der Waals surface area contributed by atoms with E-state index in [1.807, 2.05) is 21.6 Å². The molecule has 1 aromatic carbocycles. The minimum Gasteiger partial charge on any atom is -0.454 e. The standard InChI is InChI=1S/C26H33BrN6O6S/c1-35-8-9-36-10-11-37-14-22(34)32-5-2-17(3-6-32)4-7-33-15-29-24(28)23-25(33)31-26(30-23)40-21-13-20-19(12-18(21)27)38-16-39-20/h12-13,15,17,28H,2-11,14,16H2,1H3,(H,30,31). The first-order chi connectivity index (χ1) is 19.5. The van der Waals surface area contributed by atoms with Crippen LogP contribution >= 0.6 is 27.7 Å². The molecular weight excluding hydrogens is 604 g/mol. The van der Waals surface area contributed by atoms with Crippen LogP contribution in [0.5, 0.6) is 11.5 Å². The molecular formula is C26H33BrN6O6S. The van der Waals surface area contributed by atoms with Gasteiger partial charge in [-0.05, 0) is 53.2 Å². The Kier molecular flexibility index (Phi) is 9.97. The fourth-order valence-electron chi connectivity index (χ4n) is 4.66. The van der Waals surface area contributed by atoms with E-state index in [2.05, 4.69) is 25.9 Å². The summed E-state index contributed by atoms with van der Waals surface area (Å²) in [6.45, 7) is 4.40. The number of aromatic nitrogens is 4. The summed E-state index contributed by atoms with van der Waals surface area (Å²) in [7, 11) is 1.63. The summed E-state index contributed by atoms with van der Waals surface area (Å²) in [4.78, 5) is 27.6. The Morgan fingerprint density at radius 1 is 1.18 bits per heavy atom. The number of halogens is 1. The lowest BCUT2D eigenvalue weighted by atomic mass is 9.93. The molecule has 1 amide bonds. The molecule has 2 aliphatic heterocycles. The highest BCUT2D eigenvalue weighted by atomic mass is 79.9. The number of carbonyl (C=O) groups excluding carboxylic acids is 1. The molecule has 1 fully saturated rings. The Hall–Kier alpha value is -2.65. The van der Waals surface area contributed by atoms with Gasteiger partial charge in [0.05, 0.1) is 32.8 Å². The summed E-state index contributed by atoms with van der Waals surface area (Å²) in [5.74, 6) is 1.93. The Morgan fingerprint density at radius 2 is 1.93 bits per heavy atom. The summed E-state index contributed by atoms with van der Waals surface area (Å²) in [5, 5.41) is 8.94. The number of aromatic amines is 1. The number of carbonyl (C=O) groups is 1. The van der Waals surface area contributed by atoms with E-state index in [1.165, 1.54) is 11.8 Å². The second-order valence-electron chi connectivity index (χ2n) is 9.54. The second kappa shape index (κ2) is 13.8. The van der Waals surface area contributed by atoms with Crippen LogP contribution in [-0.4, -0.2) is 90.4 Å². The molecule has 2 aromatic heterocycles. The van der Waals surface area contributed by atoms with E-state index in [-0.39, 0.29) is 24.8 Å². The van der Waals surface area contributed by atoms with E-state index in [1.54, 1.807) is 13.4 Å². The van der Waals surface area contributed by atoms with Gasteiger partial charge in [0, 0.05) is 36.1 Å². The fourth-order valence-corrected chi connectivity index (χ4v) is 6.04. The number of likely N-dealkylation sites (tertiary alicyclic amines) is 1. The van der Waals surface area contributed by atoms with Crippen molar-refractivity contribution in [2.24, 2.45) is 5.92 Å². The van der Waals surface area contributed by atoms with Crippen LogP contribution in [0.15, 0.2) is 33.0 Å². The second-order valence-corrected chi connectivity index (χ2v) is 11.4. The summed E-state index contributed by atoms with van der Waals surface area (Å²) in [6, 6.07) is 3.80. The third-order valence-corrected chi connectivity index (χ3v) is 8.77. The maximum absolute atomic E-state index is 12.5. The van der Waals surface area contributed by atoms with Crippen molar-refractivity contribution in [2.45, 2.75) is 35.9 Å². The van der Waals surface area contributed by atoms with E-state index in [0.717, 1.165) is 48.3 Å². The van der Waals surface area contributed by atoms with Crippen LogP contribution in [0, 0.1) is 11.3 Å². The molecule has 0 saturated carbocycles. The molecule has 3 aromatic rings. The molecule has 0 unspecified atom stereocenters. The minimum absolute atomic E-state index is 0.0253. The first-order valence-corrected chi connectivity index (χ1v) is 14.8. The molecule has 0 bridgehead atoms. The number of methoxy groups -OCH3 is 1. The van der Waals surface area contributed by atoms with Gasteiger partial charge in [-0.25, -0.2) is 9.97 Å². The number of aryl methyl sites for hydroxylation is 1. The van der Waals surface area contributed by atoms with E-state index in [0.29, 0.717) is 60.2 Å². The third-order valence-electron chi connectivity index (χ3n) is 6.91. The monoisotopic (exact) mass is 636 g/mol. The Labute approximate surface area is 244 Å².